The molecule has 0 bridgehead atoms. The lowest BCUT2D eigenvalue weighted by molar-refractivity contribution is -0.120. The van der Waals surface area contributed by atoms with E-state index in [9.17, 15) is 4.79 Å². The Labute approximate surface area is 172 Å². The molecule has 1 aromatic heterocycles. The molecule has 1 heterocycles. The van der Waals surface area contributed by atoms with Gasteiger partial charge < -0.3 is 10.1 Å². The highest BCUT2D eigenvalue weighted by atomic mass is 16.5. The minimum Gasteiger partial charge on any atom is -0.465 e. The van der Waals surface area contributed by atoms with Crippen LogP contribution in [0.1, 0.15) is 49.3 Å². The highest BCUT2D eigenvalue weighted by Crippen LogP contribution is 2.28. The number of carbonyl (C=O) groups excluding carboxylic acids is 1. The summed E-state index contributed by atoms with van der Waals surface area (Å²) in [5, 5.41) is 3.00. The van der Waals surface area contributed by atoms with Gasteiger partial charge in [-0.3, -0.25) is 4.79 Å². The molecule has 4 heteroatoms. The van der Waals surface area contributed by atoms with Gasteiger partial charge in [0.05, 0.1) is 11.9 Å². The van der Waals surface area contributed by atoms with E-state index in [2.05, 4.69) is 34.6 Å². The first kappa shape index (κ1) is 19.2. The van der Waals surface area contributed by atoms with Crippen molar-refractivity contribution in [1.82, 2.24) is 4.98 Å². The van der Waals surface area contributed by atoms with Gasteiger partial charge in [-0.1, -0.05) is 79.9 Å². The first-order chi connectivity index (χ1) is 14.3. The summed E-state index contributed by atoms with van der Waals surface area (Å²) in [7, 11) is 0. The fourth-order valence-corrected chi connectivity index (χ4v) is 3.84. The smallest absolute Gasteiger partial charge is 0.227 e. The number of ether oxygens (including phenoxy) is 1. The molecule has 1 N–H and O–H groups in total. The van der Waals surface area contributed by atoms with Crippen LogP contribution in [0.3, 0.4) is 0 Å². The second kappa shape index (κ2) is 9.37. The first-order valence-electron chi connectivity index (χ1n) is 10.3. The predicted molar refractivity (Wildman–Crippen MR) is 115 cm³/mol. The van der Waals surface area contributed by atoms with Crippen LogP contribution in [0, 0.1) is 5.92 Å². The molecule has 1 saturated carbocycles. The van der Waals surface area contributed by atoms with Gasteiger partial charge in [0.2, 0.25) is 11.8 Å². The third-order valence-corrected chi connectivity index (χ3v) is 5.42. The Bertz CT molecular complexity index is 865. The summed E-state index contributed by atoms with van der Waals surface area (Å²) >= 11 is 0. The maximum atomic E-state index is 12.4. The van der Waals surface area contributed by atoms with Crippen LogP contribution in [0.15, 0.2) is 79.0 Å². The highest BCUT2D eigenvalue weighted by molar-refractivity contribution is 5.92. The van der Waals surface area contributed by atoms with Crippen LogP contribution < -0.4 is 10.1 Å². The Hall–Kier alpha value is -3.14. The van der Waals surface area contributed by atoms with Crippen molar-refractivity contribution >= 4 is 11.6 Å². The zero-order chi connectivity index (χ0) is 19.9. The molecule has 2 aromatic carbocycles. The summed E-state index contributed by atoms with van der Waals surface area (Å²) < 4.78 is 6.24. The van der Waals surface area contributed by atoms with Crippen LogP contribution in [-0.4, -0.2) is 10.9 Å². The molecular weight excluding hydrogens is 360 g/mol. The Morgan fingerprint density at radius 1 is 0.862 bits per heavy atom. The molecule has 148 valence electrons. The third-order valence-electron chi connectivity index (χ3n) is 5.42. The summed E-state index contributed by atoms with van der Waals surface area (Å²) in [6.07, 6.45) is 6.91. The Balaban J connectivity index is 1.46. The van der Waals surface area contributed by atoms with E-state index in [1.54, 1.807) is 6.20 Å². The van der Waals surface area contributed by atoms with Gasteiger partial charge in [0.25, 0.3) is 0 Å². The fraction of sp³-hybridized carbons (Fsp3) is 0.280. The van der Waals surface area contributed by atoms with E-state index in [0.29, 0.717) is 11.6 Å². The van der Waals surface area contributed by atoms with Gasteiger partial charge in [0, 0.05) is 12.0 Å². The first-order valence-corrected chi connectivity index (χ1v) is 10.3. The number of rotatable bonds is 6. The predicted octanol–water partition coefficient (Wildman–Crippen LogP) is 5.77. The van der Waals surface area contributed by atoms with Gasteiger partial charge in [-0.25, -0.2) is 4.98 Å². The average Bonchev–Trinajstić information content (AvgIpc) is 2.80. The Morgan fingerprint density at radius 2 is 1.48 bits per heavy atom. The van der Waals surface area contributed by atoms with E-state index in [0.717, 1.165) is 36.8 Å². The van der Waals surface area contributed by atoms with E-state index < -0.39 is 0 Å². The minimum atomic E-state index is -0.243. The summed E-state index contributed by atoms with van der Waals surface area (Å²) in [5.41, 5.74) is 2.84. The van der Waals surface area contributed by atoms with Crippen LogP contribution in [0.4, 0.5) is 5.69 Å². The number of hydrogen-bond donors (Lipinski definition) is 1. The van der Waals surface area contributed by atoms with Crippen molar-refractivity contribution in [1.29, 1.82) is 0 Å². The maximum absolute atomic E-state index is 12.4. The van der Waals surface area contributed by atoms with Crippen molar-refractivity contribution in [2.75, 3.05) is 5.32 Å². The second-order valence-corrected chi connectivity index (χ2v) is 7.53. The molecular formula is C25H26N2O2. The quantitative estimate of drug-likeness (QED) is 0.585. The van der Waals surface area contributed by atoms with Crippen LogP contribution in [0.25, 0.3) is 0 Å². The molecule has 0 aliphatic heterocycles. The molecule has 0 atom stereocenters. The number of pyridine rings is 1. The van der Waals surface area contributed by atoms with E-state index in [-0.39, 0.29) is 17.9 Å². The van der Waals surface area contributed by atoms with Gasteiger partial charge in [-0.2, -0.15) is 0 Å². The van der Waals surface area contributed by atoms with Crippen molar-refractivity contribution in [2.24, 2.45) is 5.92 Å². The Kier molecular flexibility index (Phi) is 6.20. The number of anilines is 1. The SMILES string of the molecule is O=C(Nc1ccc(OC(c2ccccc2)c2ccccc2)nc1)C1CCCCC1. The van der Waals surface area contributed by atoms with Crippen LogP contribution >= 0.6 is 0 Å². The second-order valence-electron chi connectivity index (χ2n) is 7.53. The van der Waals surface area contributed by atoms with Crippen molar-refractivity contribution in [3.05, 3.63) is 90.1 Å². The molecule has 4 nitrogen and oxygen atoms in total. The lowest BCUT2D eigenvalue weighted by Gasteiger charge is -2.21. The zero-order valence-corrected chi connectivity index (χ0v) is 16.5. The molecule has 1 amide bonds. The molecule has 0 radical (unpaired) electrons. The molecule has 1 fully saturated rings. The third kappa shape index (κ3) is 5.02. The van der Waals surface area contributed by atoms with Crippen molar-refractivity contribution < 1.29 is 9.53 Å². The summed E-state index contributed by atoms with van der Waals surface area (Å²) in [6, 6.07) is 23.9. The lowest BCUT2D eigenvalue weighted by Crippen LogP contribution is -2.24. The minimum absolute atomic E-state index is 0.103. The van der Waals surface area contributed by atoms with E-state index in [4.69, 9.17) is 4.74 Å². The number of hydrogen-bond acceptors (Lipinski definition) is 3. The Morgan fingerprint density at radius 3 is 2.03 bits per heavy atom. The van der Waals surface area contributed by atoms with Gasteiger partial charge in [0.1, 0.15) is 0 Å². The summed E-state index contributed by atoms with van der Waals surface area (Å²) in [4.78, 5) is 16.9. The number of nitrogens with one attached hydrogen (secondary N) is 1. The molecule has 1 aliphatic rings. The number of nitrogens with zero attached hydrogens (tertiary/aromatic N) is 1. The van der Waals surface area contributed by atoms with E-state index >= 15 is 0 Å². The van der Waals surface area contributed by atoms with Gasteiger partial charge >= 0.3 is 0 Å². The van der Waals surface area contributed by atoms with Gasteiger partial charge in [-0.05, 0) is 30.0 Å². The van der Waals surface area contributed by atoms with E-state index in [1.165, 1.54) is 6.42 Å². The maximum Gasteiger partial charge on any atom is 0.227 e. The number of amides is 1. The largest absolute Gasteiger partial charge is 0.465 e. The molecule has 0 unspecified atom stereocenters. The lowest BCUT2D eigenvalue weighted by atomic mass is 9.88. The van der Waals surface area contributed by atoms with Crippen molar-refractivity contribution in [3.8, 4) is 5.88 Å². The topological polar surface area (TPSA) is 51.2 Å². The van der Waals surface area contributed by atoms with Crippen LogP contribution in [-0.2, 0) is 4.79 Å². The van der Waals surface area contributed by atoms with Crippen LogP contribution in [0.2, 0.25) is 0 Å². The molecule has 4 rings (SSSR count). The molecule has 0 spiro atoms. The van der Waals surface area contributed by atoms with Crippen molar-refractivity contribution in [3.63, 3.8) is 0 Å². The number of aromatic nitrogens is 1. The molecule has 1 aliphatic carbocycles. The molecule has 29 heavy (non-hydrogen) atoms. The standard InChI is InChI=1S/C25H26N2O2/c28-25(21-14-8-3-9-15-21)27-22-16-17-23(26-18-22)29-24(19-10-4-1-5-11-19)20-12-6-2-7-13-20/h1-2,4-7,10-13,16-18,21,24H,3,8-9,14-15H2,(H,27,28). The number of benzene rings is 2. The monoisotopic (exact) mass is 386 g/mol. The molecule has 3 aromatic rings. The van der Waals surface area contributed by atoms with E-state index in [1.807, 2.05) is 48.5 Å². The van der Waals surface area contributed by atoms with Gasteiger partial charge in [0.15, 0.2) is 6.10 Å². The van der Waals surface area contributed by atoms with Gasteiger partial charge in [-0.15, -0.1) is 0 Å². The summed E-state index contributed by atoms with van der Waals surface area (Å²) in [6.45, 7) is 0. The highest BCUT2D eigenvalue weighted by Gasteiger charge is 2.21. The zero-order valence-electron chi connectivity index (χ0n) is 16.5. The average molecular weight is 386 g/mol. The normalized spacial score (nSPS) is 14.5. The van der Waals surface area contributed by atoms with Crippen LogP contribution in [0.5, 0.6) is 5.88 Å². The molecule has 0 saturated heterocycles. The number of carbonyl (C=O) groups is 1. The van der Waals surface area contributed by atoms with Crippen molar-refractivity contribution in [2.45, 2.75) is 38.2 Å². The fourth-order valence-electron chi connectivity index (χ4n) is 3.84. The summed E-state index contributed by atoms with van der Waals surface area (Å²) in [5.74, 6) is 0.755.